The van der Waals surface area contributed by atoms with E-state index in [0.29, 0.717) is 0 Å². The van der Waals surface area contributed by atoms with Crippen molar-refractivity contribution in [2.24, 2.45) is 0 Å². The van der Waals surface area contributed by atoms with Gasteiger partial charge in [0.2, 0.25) is 0 Å². The van der Waals surface area contributed by atoms with Crippen LogP contribution < -0.4 is 0 Å². The molecule has 0 spiro atoms. The highest BCUT2D eigenvalue weighted by atomic mass is 16.3. The van der Waals surface area contributed by atoms with E-state index in [1.807, 2.05) is 30.3 Å². The maximum absolute atomic E-state index is 6.79. The zero-order chi connectivity index (χ0) is 32.1. The number of hydrogen-bond donors (Lipinski definition) is 0. The molecule has 49 heavy (non-hydrogen) atoms. The standard InChI is InChI=1S/C46H26N2O/c1-2-12-27(13-3-1)44-45(48-41-21-11-10-20-40(41)47-44)28-22-23-33-36(24-28)31-16-4-5-17-32(31)38-26-42-39(25-37(33)38)43-34-18-8-6-14-29(34)30-15-7-9-19-35(30)46(43)49-42/h1-26H. The van der Waals surface area contributed by atoms with Gasteiger partial charge in [-0.2, -0.15) is 0 Å². The maximum Gasteiger partial charge on any atom is 0.143 e. The quantitative estimate of drug-likeness (QED) is 0.180. The molecule has 3 heteroatoms. The lowest BCUT2D eigenvalue weighted by Gasteiger charge is -2.14. The molecule has 9 aromatic carbocycles. The van der Waals surface area contributed by atoms with E-state index in [-0.39, 0.29) is 0 Å². The zero-order valence-corrected chi connectivity index (χ0v) is 26.3. The van der Waals surface area contributed by atoms with Crippen molar-refractivity contribution in [1.29, 1.82) is 0 Å². The van der Waals surface area contributed by atoms with Gasteiger partial charge in [0.25, 0.3) is 0 Å². The Balaban J connectivity index is 1.25. The van der Waals surface area contributed by atoms with Crippen LogP contribution in [0.5, 0.6) is 0 Å². The lowest BCUT2D eigenvalue weighted by atomic mass is 9.90. The minimum atomic E-state index is 0.880. The summed E-state index contributed by atoms with van der Waals surface area (Å²) in [6, 6.07) is 55.9. The second kappa shape index (κ2) is 9.96. The average Bonchev–Trinajstić information content (AvgIpc) is 3.56. The van der Waals surface area contributed by atoms with Crippen LogP contribution in [0.1, 0.15) is 0 Å². The number of nitrogens with zero attached hydrogens (tertiary/aromatic N) is 2. The fourth-order valence-corrected chi connectivity index (χ4v) is 8.00. The van der Waals surface area contributed by atoms with Crippen LogP contribution in [0.4, 0.5) is 0 Å². The molecule has 0 saturated heterocycles. The Labute approximate surface area is 280 Å². The number of benzene rings is 9. The van der Waals surface area contributed by atoms with Crippen LogP contribution in [0.25, 0.3) is 109 Å². The summed E-state index contributed by atoms with van der Waals surface area (Å²) < 4.78 is 6.79. The monoisotopic (exact) mass is 622 g/mol. The van der Waals surface area contributed by atoms with E-state index in [0.717, 1.165) is 55.5 Å². The molecular weight excluding hydrogens is 597 g/mol. The lowest BCUT2D eigenvalue weighted by molar-refractivity contribution is 0.673. The van der Waals surface area contributed by atoms with Crippen molar-refractivity contribution in [2.75, 3.05) is 0 Å². The van der Waals surface area contributed by atoms with Crippen LogP contribution >= 0.6 is 0 Å². The van der Waals surface area contributed by atoms with Crippen molar-refractivity contribution < 1.29 is 4.42 Å². The molecule has 0 amide bonds. The fourth-order valence-electron chi connectivity index (χ4n) is 8.00. The highest BCUT2D eigenvalue weighted by Crippen LogP contribution is 2.45. The van der Waals surface area contributed by atoms with E-state index in [4.69, 9.17) is 14.4 Å². The van der Waals surface area contributed by atoms with Gasteiger partial charge < -0.3 is 4.42 Å². The molecule has 0 radical (unpaired) electrons. The van der Waals surface area contributed by atoms with Gasteiger partial charge >= 0.3 is 0 Å². The van der Waals surface area contributed by atoms with Crippen LogP contribution in [-0.2, 0) is 0 Å². The van der Waals surface area contributed by atoms with Crippen LogP contribution in [0.15, 0.2) is 162 Å². The van der Waals surface area contributed by atoms with E-state index < -0.39 is 0 Å². The highest BCUT2D eigenvalue weighted by Gasteiger charge is 2.19. The molecule has 0 N–H and O–H groups in total. The zero-order valence-electron chi connectivity index (χ0n) is 26.3. The van der Waals surface area contributed by atoms with Gasteiger partial charge in [-0.25, -0.2) is 9.97 Å². The second-order valence-electron chi connectivity index (χ2n) is 12.9. The molecule has 0 saturated carbocycles. The van der Waals surface area contributed by atoms with Gasteiger partial charge in [0.05, 0.1) is 22.4 Å². The first-order chi connectivity index (χ1) is 24.3. The maximum atomic E-state index is 6.79. The summed E-state index contributed by atoms with van der Waals surface area (Å²) in [6.45, 7) is 0. The van der Waals surface area contributed by atoms with Crippen LogP contribution in [0.2, 0.25) is 0 Å². The minimum Gasteiger partial charge on any atom is -0.455 e. The van der Waals surface area contributed by atoms with Gasteiger partial charge in [-0.3, -0.25) is 0 Å². The Morgan fingerprint density at radius 2 is 0.816 bits per heavy atom. The summed E-state index contributed by atoms with van der Waals surface area (Å²) >= 11 is 0. The Morgan fingerprint density at radius 1 is 0.327 bits per heavy atom. The van der Waals surface area contributed by atoms with Gasteiger partial charge in [0.1, 0.15) is 11.2 Å². The van der Waals surface area contributed by atoms with E-state index >= 15 is 0 Å². The number of aromatic nitrogens is 2. The number of fused-ring (bicyclic) bond motifs is 15. The molecular formula is C46H26N2O. The van der Waals surface area contributed by atoms with Crippen molar-refractivity contribution in [1.82, 2.24) is 9.97 Å². The Bertz CT molecular complexity index is 3160. The molecule has 0 unspecified atom stereocenters. The van der Waals surface area contributed by atoms with E-state index in [1.165, 1.54) is 53.9 Å². The van der Waals surface area contributed by atoms with Crippen LogP contribution in [-0.4, -0.2) is 9.97 Å². The summed E-state index contributed by atoms with van der Waals surface area (Å²) in [7, 11) is 0. The Morgan fingerprint density at radius 3 is 1.51 bits per heavy atom. The molecule has 0 bridgehead atoms. The summed E-state index contributed by atoms with van der Waals surface area (Å²) in [5, 5.41) is 14.3. The summed E-state index contributed by atoms with van der Waals surface area (Å²) in [4.78, 5) is 10.4. The number of furan rings is 1. The van der Waals surface area contributed by atoms with Crippen molar-refractivity contribution >= 4 is 86.8 Å². The van der Waals surface area contributed by atoms with Crippen molar-refractivity contribution in [3.63, 3.8) is 0 Å². The molecule has 2 aromatic heterocycles. The first-order valence-corrected chi connectivity index (χ1v) is 16.7. The first-order valence-electron chi connectivity index (χ1n) is 16.7. The van der Waals surface area contributed by atoms with Gasteiger partial charge in [0.15, 0.2) is 0 Å². The van der Waals surface area contributed by atoms with Gasteiger partial charge in [-0.15, -0.1) is 0 Å². The first kappa shape index (κ1) is 26.5. The third-order valence-corrected chi connectivity index (χ3v) is 10.2. The largest absolute Gasteiger partial charge is 0.455 e. The molecule has 2 heterocycles. The molecule has 11 aromatic rings. The van der Waals surface area contributed by atoms with Crippen molar-refractivity contribution in [2.45, 2.75) is 0 Å². The SMILES string of the molecule is c1ccc(-c2nc3ccccc3nc2-c2ccc3c(c2)c2ccccc2c2cc4oc5c6ccccc6c6ccccc6c5c4cc32)cc1. The molecule has 0 fully saturated rings. The number of rotatable bonds is 2. The average molecular weight is 623 g/mol. The molecule has 3 nitrogen and oxygen atoms in total. The van der Waals surface area contributed by atoms with E-state index in [2.05, 4.69) is 127 Å². The van der Waals surface area contributed by atoms with E-state index in [1.54, 1.807) is 0 Å². The van der Waals surface area contributed by atoms with Crippen LogP contribution in [0, 0.1) is 0 Å². The summed E-state index contributed by atoms with van der Waals surface area (Å²) in [5.41, 5.74) is 7.48. The van der Waals surface area contributed by atoms with Crippen LogP contribution in [0.3, 0.4) is 0 Å². The number of hydrogen-bond acceptors (Lipinski definition) is 3. The van der Waals surface area contributed by atoms with Gasteiger partial charge in [-0.05, 0) is 78.8 Å². The minimum absolute atomic E-state index is 0.880. The normalized spacial score (nSPS) is 12.1. The molecule has 0 atom stereocenters. The third kappa shape index (κ3) is 3.78. The highest BCUT2D eigenvalue weighted by molar-refractivity contribution is 6.33. The Hall–Kier alpha value is -6.58. The molecule has 0 aliphatic rings. The number of para-hydroxylation sites is 2. The molecule has 11 rings (SSSR count). The predicted molar refractivity (Wildman–Crippen MR) is 205 cm³/mol. The van der Waals surface area contributed by atoms with Crippen molar-refractivity contribution in [3.05, 3.63) is 158 Å². The summed E-state index contributed by atoms with van der Waals surface area (Å²) in [6.07, 6.45) is 0. The van der Waals surface area contributed by atoms with Gasteiger partial charge in [-0.1, -0.05) is 127 Å². The second-order valence-corrected chi connectivity index (χ2v) is 12.9. The predicted octanol–water partition coefficient (Wildman–Crippen LogP) is 12.6. The molecule has 0 aliphatic heterocycles. The molecule has 0 aliphatic carbocycles. The smallest absolute Gasteiger partial charge is 0.143 e. The molecule has 226 valence electrons. The van der Waals surface area contributed by atoms with Crippen molar-refractivity contribution in [3.8, 4) is 22.5 Å². The Kier molecular flexibility index (Phi) is 5.38. The van der Waals surface area contributed by atoms with Gasteiger partial charge in [0, 0.05) is 27.3 Å². The third-order valence-electron chi connectivity index (χ3n) is 10.2. The van der Waals surface area contributed by atoms with E-state index in [9.17, 15) is 0 Å². The summed E-state index contributed by atoms with van der Waals surface area (Å²) in [5.74, 6) is 0. The fraction of sp³-hybridized carbons (Fsp3) is 0. The lowest BCUT2D eigenvalue weighted by Crippen LogP contribution is -1.95. The topological polar surface area (TPSA) is 38.9 Å².